The second-order valence-electron chi connectivity index (χ2n) is 4.84. The molecule has 0 spiro atoms. The first-order valence-electron chi connectivity index (χ1n) is 6.63. The maximum Gasteiger partial charge on any atom is 0.0207 e. The third-order valence-corrected chi connectivity index (χ3v) is 4.29. The van der Waals surface area contributed by atoms with Crippen LogP contribution in [0.5, 0.6) is 0 Å². The van der Waals surface area contributed by atoms with E-state index in [1.807, 2.05) is 6.08 Å². The molecule has 0 aliphatic rings. The van der Waals surface area contributed by atoms with E-state index in [1.165, 1.54) is 26.7 Å². The van der Waals surface area contributed by atoms with Crippen LogP contribution in [0.1, 0.15) is 28.7 Å². The molecular formula is C18H19Br. The fourth-order valence-corrected chi connectivity index (χ4v) is 2.56. The van der Waals surface area contributed by atoms with Crippen molar-refractivity contribution < 1.29 is 0 Å². The Morgan fingerprint density at radius 2 is 1.74 bits per heavy atom. The van der Waals surface area contributed by atoms with Gasteiger partial charge in [-0.25, -0.2) is 0 Å². The minimum Gasteiger partial charge on any atom is -0.103 e. The predicted octanol–water partition coefficient (Wildman–Crippen LogP) is 5.47. The van der Waals surface area contributed by atoms with Gasteiger partial charge in [-0.3, -0.25) is 0 Å². The average Bonchev–Trinajstić information content (AvgIpc) is 2.43. The van der Waals surface area contributed by atoms with Crippen LogP contribution in [0.25, 0.3) is 0 Å². The van der Waals surface area contributed by atoms with Gasteiger partial charge in [-0.15, -0.1) is 6.58 Å². The number of hydrogen-bond acceptors (Lipinski definition) is 0. The Morgan fingerprint density at radius 3 is 2.42 bits per heavy atom. The fourth-order valence-electron chi connectivity index (χ4n) is 2.16. The Morgan fingerprint density at radius 1 is 1.05 bits per heavy atom. The summed E-state index contributed by atoms with van der Waals surface area (Å²) in [5.41, 5.74) is 5.46. The van der Waals surface area contributed by atoms with Gasteiger partial charge in [-0.2, -0.15) is 0 Å². The van der Waals surface area contributed by atoms with E-state index in [0.717, 1.165) is 19.3 Å². The van der Waals surface area contributed by atoms with Gasteiger partial charge in [-0.1, -0.05) is 58.4 Å². The summed E-state index contributed by atoms with van der Waals surface area (Å²) >= 11 is 3.59. The van der Waals surface area contributed by atoms with Crippen molar-refractivity contribution in [2.24, 2.45) is 0 Å². The van der Waals surface area contributed by atoms with Crippen LogP contribution >= 0.6 is 15.9 Å². The zero-order valence-corrected chi connectivity index (χ0v) is 12.9. The molecule has 2 rings (SSSR count). The maximum absolute atomic E-state index is 3.76. The second kappa shape index (κ2) is 6.72. The Bertz CT molecular complexity index is 552. The molecule has 0 heterocycles. The van der Waals surface area contributed by atoms with E-state index in [9.17, 15) is 0 Å². The largest absolute Gasteiger partial charge is 0.103 e. The van der Waals surface area contributed by atoms with E-state index in [0.29, 0.717) is 0 Å². The van der Waals surface area contributed by atoms with E-state index in [4.69, 9.17) is 0 Å². The highest BCUT2D eigenvalue weighted by Gasteiger charge is 2.03. The predicted molar refractivity (Wildman–Crippen MR) is 86.6 cm³/mol. The van der Waals surface area contributed by atoms with Crippen LogP contribution in [0.2, 0.25) is 0 Å². The molecule has 2 aromatic carbocycles. The molecule has 0 fully saturated rings. The van der Waals surface area contributed by atoms with E-state index in [-0.39, 0.29) is 0 Å². The summed E-state index contributed by atoms with van der Waals surface area (Å²) in [6.45, 7) is 5.93. The van der Waals surface area contributed by atoms with Crippen molar-refractivity contribution in [3.63, 3.8) is 0 Å². The van der Waals surface area contributed by atoms with E-state index in [2.05, 4.69) is 71.9 Å². The zero-order valence-electron chi connectivity index (χ0n) is 11.3. The lowest BCUT2D eigenvalue weighted by Gasteiger charge is -2.08. The monoisotopic (exact) mass is 314 g/mol. The molecule has 0 amide bonds. The van der Waals surface area contributed by atoms with Crippen molar-refractivity contribution in [3.8, 4) is 0 Å². The normalized spacial score (nSPS) is 10.4. The summed E-state index contributed by atoms with van der Waals surface area (Å²) in [7, 11) is 0. The third kappa shape index (κ3) is 3.81. The Balaban J connectivity index is 2.11. The minimum atomic E-state index is 0.993. The number of hydrogen-bond donors (Lipinski definition) is 0. The molecule has 0 aromatic heterocycles. The lowest BCUT2D eigenvalue weighted by Crippen LogP contribution is -1.93. The number of allylic oxidation sites excluding steroid dienone is 1. The van der Waals surface area contributed by atoms with Crippen LogP contribution in [0, 0.1) is 6.92 Å². The van der Waals surface area contributed by atoms with Gasteiger partial charge < -0.3 is 0 Å². The van der Waals surface area contributed by atoms with Gasteiger partial charge in [0.2, 0.25) is 0 Å². The molecule has 1 heteroatoms. The minimum absolute atomic E-state index is 0.993. The molecule has 0 saturated carbocycles. The van der Waals surface area contributed by atoms with Gasteiger partial charge in [0.25, 0.3) is 0 Å². The highest BCUT2D eigenvalue weighted by molar-refractivity contribution is 9.10. The van der Waals surface area contributed by atoms with Crippen LogP contribution in [-0.4, -0.2) is 0 Å². The van der Waals surface area contributed by atoms with Crippen molar-refractivity contribution >= 4 is 15.9 Å². The molecule has 0 unspecified atom stereocenters. The van der Waals surface area contributed by atoms with Gasteiger partial charge in [0, 0.05) is 4.47 Å². The van der Waals surface area contributed by atoms with Gasteiger partial charge in [0.05, 0.1) is 0 Å². The average molecular weight is 315 g/mol. The van der Waals surface area contributed by atoms with Gasteiger partial charge in [-0.05, 0) is 54.5 Å². The first kappa shape index (κ1) is 14.1. The van der Waals surface area contributed by atoms with Crippen molar-refractivity contribution in [2.75, 3.05) is 0 Å². The molecule has 0 nitrogen and oxygen atoms in total. The molecule has 0 aliphatic heterocycles. The van der Waals surface area contributed by atoms with Gasteiger partial charge in [0.15, 0.2) is 0 Å². The number of aryl methyl sites for hydroxylation is 1. The van der Waals surface area contributed by atoms with Crippen molar-refractivity contribution in [3.05, 3.63) is 81.8 Å². The lowest BCUT2D eigenvalue weighted by atomic mass is 9.99. The number of benzene rings is 2. The smallest absolute Gasteiger partial charge is 0.0207 e. The fraction of sp³-hybridized carbons (Fsp3) is 0.222. The van der Waals surface area contributed by atoms with E-state index in [1.54, 1.807) is 0 Å². The Kier molecular flexibility index (Phi) is 4.98. The standard InChI is InChI=1S/C18H19Br/c1-3-4-6-15-9-11-16(12-10-15)13-17-7-5-8-18(19)14(17)2/h3,5,7-12H,1,4,6,13H2,2H3. The topological polar surface area (TPSA) is 0 Å². The molecule has 19 heavy (non-hydrogen) atoms. The van der Waals surface area contributed by atoms with Crippen LogP contribution < -0.4 is 0 Å². The van der Waals surface area contributed by atoms with Crippen molar-refractivity contribution in [1.82, 2.24) is 0 Å². The first-order chi connectivity index (χ1) is 9.20. The SMILES string of the molecule is C=CCCc1ccc(Cc2cccc(Br)c2C)cc1. The van der Waals surface area contributed by atoms with E-state index >= 15 is 0 Å². The highest BCUT2D eigenvalue weighted by atomic mass is 79.9. The molecule has 0 aliphatic carbocycles. The zero-order chi connectivity index (χ0) is 13.7. The lowest BCUT2D eigenvalue weighted by molar-refractivity contribution is 1.000. The maximum atomic E-state index is 3.76. The highest BCUT2D eigenvalue weighted by Crippen LogP contribution is 2.22. The molecule has 0 N–H and O–H groups in total. The Labute approximate surface area is 124 Å². The molecular weight excluding hydrogens is 296 g/mol. The summed E-state index contributed by atoms with van der Waals surface area (Å²) in [5.74, 6) is 0. The third-order valence-electron chi connectivity index (χ3n) is 3.43. The second-order valence-corrected chi connectivity index (χ2v) is 5.70. The first-order valence-corrected chi connectivity index (χ1v) is 7.42. The summed E-state index contributed by atoms with van der Waals surface area (Å²) in [6, 6.07) is 15.3. The summed E-state index contributed by atoms with van der Waals surface area (Å²) in [4.78, 5) is 0. The molecule has 2 aromatic rings. The Hall–Kier alpha value is -1.34. The van der Waals surface area contributed by atoms with Gasteiger partial charge in [0.1, 0.15) is 0 Å². The van der Waals surface area contributed by atoms with Crippen molar-refractivity contribution in [2.45, 2.75) is 26.2 Å². The van der Waals surface area contributed by atoms with Crippen LogP contribution in [0.4, 0.5) is 0 Å². The molecule has 98 valence electrons. The van der Waals surface area contributed by atoms with Crippen LogP contribution in [0.15, 0.2) is 59.6 Å². The van der Waals surface area contributed by atoms with Crippen molar-refractivity contribution in [1.29, 1.82) is 0 Å². The van der Waals surface area contributed by atoms with E-state index < -0.39 is 0 Å². The molecule has 0 atom stereocenters. The number of halogens is 1. The molecule has 0 saturated heterocycles. The van der Waals surface area contributed by atoms with Gasteiger partial charge >= 0.3 is 0 Å². The summed E-state index contributed by atoms with van der Waals surface area (Å²) in [5, 5.41) is 0. The van der Waals surface area contributed by atoms with Crippen LogP contribution in [0.3, 0.4) is 0 Å². The quantitative estimate of drug-likeness (QED) is 0.642. The molecule has 0 radical (unpaired) electrons. The number of rotatable bonds is 5. The molecule has 0 bridgehead atoms. The van der Waals surface area contributed by atoms with Crippen LogP contribution in [-0.2, 0) is 12.8 Å². The summed E-state index contributed by atoms with van der Waals surface area (Å²) < 4.78 is 1.19. The summed E-state index contributed by atoms with van der Waals surface area (Å²) in [6.07, 6.45) is 5.09.